The summed E-state index contributed by atoms with van der Waals surface area (Å²) in [5.41, 5.74) is 0.267. The Labute approximate surface area is 94.7 Å². The fourth-order valence-electron chi connectivity index (χ4n) is 1.98. The molecule has 2 N–H and O–H groups in total. The first-order valence-corrected chi connectivity index (χ1v) is 5.93. The van der Waals surface area contributed by atoms with Crippen LogP contribution in [-0.2, 0) is 0 Å². The summed E-state index contributed by atoms with van der Waals surface area (Å²) in [5.74, 6) is 0.160. The van der Waals surface area contributed by atoms with E-state index in [-0.39, 0.29) is 23.4 Å². The van der Waals surface area contributed by atoms with Crippen LogP contribution in [0.4, 0.5) is 0 Å². The van der Waals surface area contributed by atoms with Gasteiger partial charge in [-0.3, -0.25) is 0 Å². The van der Waals surface area contributed by atoms with Crippen LogP contribution in [0.15, 0.2) is 0 Å². The molecule has 0 bridgehead atoms. The number of hydrogen-bond acceptors (Lipinski definition) is 2. The van der Waals surface area contributed by atoms with Gasteiger partial charge >= 0.3 is 0 Å². The Morgan fingerprint density at radius 3 is 1.80 bits per heavy atom. The highest BCUT2D eigenvalue weighted by Gasteiger charge is 2.35. The molecule has 2 atom stereocenters. The zero-order chi connectivity index (χ0) is 12.3. The molecule has 0 radical (unpaired) electrons. The molecule has 0 aliphatic carbocycles. The van der Waals surface area contributed by atoms with Crippen molar-refractivity contribution in [3.63, 3.8) is 0 Å². The van der Waals surface area contributed by atoms with Crippen LogP contribution in [0.1, 0.15) is 54.4 Å². The molecule has 2 heteroatoms. The lowest BCUT2D eigenvalue weighted by Gasteiger charge is -2.40. The first kappa shape index (κ1) is 14.9. The predicted molar refractivity (Wildman–Crippen MR) is 64.7 cm³/mol. The maximum Gasteiger partial charge on any atom is 0.0804 e. The molecule has 0 spiro atoms. The summed E-state index contributed by atoms with van der Waals surface area (Å²) in [7, 11) is 0. The second-order valence-electron chi connectivity index (χ2n) is 6.46. The van der Waals surface area contributed by atoms with Crippen LogP contribution in [0, 0.1) is 16.7 Å². The fourth-order valence-corrected chi connectivity index (χ4v) is 1.98. The molecule has 0 saturated carbocycles. The Bertz CT molecular complexity index is 179. The van der Waals surface area contributed by atoms with Crippen LogP contribution in [0.2, 0.25) is 0 Å². The van der Waals surface area contributed by atoms with Crippen molar-refractivity contribution >= 4 is 0 Å². The molecule has 0 heterocycles. The molecule has 0 aromatic rings. The zero-order valence-corrected chi connectivity index (χ0v) is 11.2. The molecule has 0 aliphatic rings. The van der Waals surface area contributed by atoms with Crippen molar-refractivity contribution in [3.8, 4) is 0 Å². The molecular weight excluding hydrogens is 188 g/mol. The minimum absolute atomic E-state index is 0.0788. The third-order valence-corrected chi connectivity index (χ3v) is 3.40. The maximum absolute atomic E-state index is 9.90. The van der Waals surface area contributed by atoms with Crippen molar-refractivity contribution in [2.45, 2.75) is 60.5 Å². The van der Waals surface area contributed by atoms with E-state index in [0.717, 1.165) is 12.8 Å². The minimum Gasteiger partial charge on any atom is -0.394 e. The Balaban J connectivity index is 4.74. The molecule has 0 aromatic carbocycles. The van der Waals surface area contributed by atoms with Gasteiger partial charge in [0, 0.05) is 0 Å². The molecule has 0 aromatic heterocycles. The third-order valence-electron chi connectivity index (χ3n) is 3.40. The van der Waals surface area contributed by atoms with Crippen LogP contribution >= 0.6 is 0 Å². The summed E-state index contributed by atoms with van der Waals surface area (Å²) in [5, 5.41) is 19.0. The summed E-state index contributed by atoms with van der Waals surface area (Å²) in [6.07, 6.45) is 1.36. The van der Waals surface area contributed by atoms with E-state index in [9.17, 15) is 5.11 Å². The highest BCUT2D eigenvalue weighted by Crippen LogP contribution is 2.40. The van der Waals surface area contributed by atoms with E-state index in [1.165, 1.54) is 0 Å². The van der Waals surface area contributed by atoms with Gasteiger partial charge in [0.1, 0.15) is 0 Å². The fraction of sp³-hybridized carbons (Fsp3) is 1.00. The van der Waals surface area contributed by atoms with Gasteiger partial charge in [0.15, 0.2) is 0 Å². The van der Waals surface area contributed by atoms with Gasteiger partial charge < -0.3 is 10.2 Å². The minimum atomic E-state index is -0.598. The summed E-state index contributed by atoms with van der Waals surface area (Å²) < 4.78 is 0. The molecule has 0 saturated heterocycles. The summed E-state index contributed by atoms with van der Waals surface area (Å²) in [6.45, 7) is 12.9. The Morgan fingerprint density at radius 1 is 1.07 bits per heavy atom. The second kappa shape index (κ2) is 5.31. The van der Waals surface area contributed by atoms with Crippen molar-refractivity contribution in [2.75, 3.05) is 6.61 Å². The molecule has 0 aliphatic heterocycles. The summed E-state index contributed by atoms with van der Waals surface area (Å²) >= 11 is 0. The number of hydrogen-bond donors (Lipinski definition) is 2. The van der Waals surface area contributed by atoms with E-state index in [4.69, 9.17) is 5.11 Å². The van der Waals surface area contributed by atoms with Gasteiger partial charge in [0.2, 0.25) is 0 Å². The number of aliphatic hydroxyl groups excluding tert-OH is 2. The largest absolute Gasteiger partial charge is 0.394 e. The molecule has 2 unspecified atom stereocenters. The third kappa shape index (κ3) is 4.98. The van der Waals surface area contributed by atoms with E-state index in [1.807, 2.05) is 0 Å². The summed E-state index contributed by atoms with van der Waals surface area (Å²) in [6, 6.07) is 0. The van der Waals surface area contributed by atoms with Crippen LogP contribution in [0.3, 0.4) is 0 Å². The zero-order valence-electron chi connectivity index (χ0n) is 11.2. The predicted octanol–water partition coefficient (Wildman–Crippen LogP) is 2.83. The van der Waals surface area contributed by atoms with Crippen LogP contribution < -0.4 is 0 Å². The molecule has 15 heavy (non-hydrogen) atoms. The van der Waals surface area contributed by atoms with Crippen molar-refractivity contribution < 1.29 is 10.2 Å². The van der Waals surface area contributed by atoms with Crippen molar-refractivity contribution in [1.29, 1.82) is 0 Å². The van der Waals surface area contributed by atoms with E-state index < -0.39 is 6.10 Å². The van der Waals surface area contributed by atoms with Crippen molar-refractivity contribution in [1.82, 2.24) is 0 Å². The van der Waals surface area contributed by atoms with E-state index in [2.05, 4.69) is 41.5 Å². The van der Waals surface area contributed by atoms with Gasteiger partial charge in [-0.05, 0) is 23.2 Å². The second-order valence-corrected chi connectivity index (χ2v) is 6.46. The standard InChI is InChI=1S/C13H28O2/c1-7-13(5,6)10(11(15)9-14)8-12(2,3)4/h10-11,14-15H,7-9H2,1-6H3. The number of aliphatic hydroxyl groups is 2. The molecule has 0 amide bonds. The molecule has 0 rings (SSSR count). The maximum atomic E-state index is 9.90. The SMILES string of the molecule is CCC(C)(C)C(CC(C)(C)C)C(O)CO. The van der Waals surface area contributed by atoms with Crippen LogP contribution in [-0.4, -0.2) is 22.9 Å². The normalized spacial score (nSPS) is 17.6. The van der Waals surface area contributed by atoms with Crippen LogP contribution in [0.25, 0.3) is 0 Å². The highest BCUT2D eigenvalue weighted by molar-refractivity contribution is 4.85. The first-order chi connectivity index (χ1) is 6.64. The van der Waals surface area contributed by atoms with Gasteiger partial charge in [-0.2, -0.15) is 0 Å². The van der Waals surface area contributed by atoms with Crippen molar-refractivity contribution in [2.24, 2.45) is 16.7 Å². The van der Waals surface area contributed by atoms with Crippen molar-refractivity contribution in [3.05, 3.63) is 0 Å². The molecule has 2 nitrogen and oxygen atoms in total. The van der Waals surface area contributed by atoms with Gasteiger partial charge in [-0.15, -0.1) is 0 Å². The van der Waals surface area contributed by atoms with Gasteiger partial charge in [0.25, 0.3) is 0 Å². The molecule has 0 fully saturated rings. The quantitative estimate of drug-likeness (QED) is 0.742. The van der Waals surface area contributed by atoms with Gasteiger partial charge in [0.05, 0.1) is 12.7 Å². The summed E-state index contributed by atoms with van der Waals surface area (Å²) in [4.78, 5) is 0. The lowest BCUT2D eigenvalue weighted by molar-refractivity contribution is -0.0240. The number of rotatable bonds is 5. The lowest BCUT2D eigenvalue weighted by atomic mass is 9.67. The Kier molecular flexibility index (Phi) is 5.28. The Hall–Kier alpha value is -0.0800. The smallest absolute Gasteiger partial charge is 0.0804 e. The average molecular weight is 216 g/mol. The van der Waals surface area contributed by atoms with Crippen LogP contribution in [0.5, 0.6) is 0 Å². The van der Waals surface area contributed by atoms with E-state index in [0.29, 0.717) is 0 Å². The monoisotopic (exact) mass is 216 g/mol. The first-order valence-electron chi connectivity index (χ1n) is 5.93. The van der Waals surface area contributed by atoms with Gasteiger partial charge in [-0.1, -0.05) is 48.0 Å². The van der Waals surface area contributed by atoms with E-state index >= 15 is 0 Å². The highest BCUT2D eigenvalue weighted by atomic mass is 16.3. The average Bonchev–Trinajstić information content (AvgIpc) is 2.11. The molecular formula is C13H28O2. The van der Waals surface area contributed by atoms with E-state index in [1.54, 1.807) is 0 Å². The Morgan fingerprint density at radius 2 is 1.53 bits per heavy atom. The molecule has 92 valence electrons. The topological polar surface area (TPSA) is 40.5 Å². The van der Waals surface area contributed by atoms with Gasteiger partial charge in [-0.25, -0.2) is 0 Å². The lowest BCUT2D eigenvalue weighted by Crippen LogP contribution is -2.38.